The highest BCUT2D eigenvalue weighted by atomic mass is 16.5. The van der Waals surface area contributed by atoms with Gasteiger partial charge in [0, 0.05) is 12.5 Å². The molecule has 1 rings (SSSR count). The van der Waals surface area contributed by atoms with Gasteiger partial charge in [0.05, 0.1) is 6.04 Å². The number of carbonyl (C=O) groups is 2. The van der Waals surface area contributed by atoms with Crippen molar-refractivity contribution in [2.24, 2.45) is 5.73 Å². The Labute approximate surface area is 111 Å². The van der Waals surface area contributed by atoms with Crippen LogP contribution < -0.4 is 15.8 Å². The molecular formula is C13H18N2O4. The second-order valence-electron chi connectivity index (χ2n) is 4.01. The number of hydrogen-bond donors (Lipinski definition) is 2. The lowest BCUT2D eigenvalue weighted by Gasteiger charge is -2.13. The van der Waals surface area contributed by atoms with Gasteiger partial charge in [-0.15, -0.1) is 0 Å². The standard InChI is InChI=1S/C13H18N2O4/c1-9(14)13(17)15-8-19-12-6-4-3-5-11(12)7-18-10(2)16/h3-6,9H,7-8,14H2,1-2H3,(H,15,17)/t9-/m0/s1. The maximum Gasteiger partial charge on any atom is 0.302 e. The summed E-state index contributed by atoms with van der Waals surface area (Å²) in [5.41, 5.74) is 6.13. The third kappa shape index (κ3) is 5.39. The summed E-state index contributed by atoms with van der Waals surface area (Å²) in [4.78, 5) is 22.0. The van der Waals surface area contributed by atoms with E-state index in [0.717, 1.165) is 5.56 Å². The number of ether oxygens (including phenoxy) is 2. The highest BCUT2D eigenvalue weighted by Crippen LogP contribution is 2.18. The minimum Gasteiger partial charge on any atom is -0.473 e. The lowest BCUT2D eigenvalue weighted by atomic mass is 10.2. The Balaban J connectivity index is 2.53. The summed E-state index contributed by atoms with van der Waals surface area (Å²) >= 11 is 0. The molecule has 104 valence electrons. The van der Waals surface area contributed by atoms with E-state index in [1.165, 1.54) is 6.92 Å². The average molecular weight is 266 g/mol. The lowest BCUT2D eigenvalue weighted by Crippen LogP contribution is -2.40. The molecule has 0 heterocycles. The number of esters is 1. The monoisotopic (exact) mass is 266 g/mol. The minimum atomic E-state index is -0.583. The first-order chi connectivity index (χ1) is 9.00. The maximum absolute atomic E-state index is 11.2. The summed E-state index contributed by atoms with van der Waals surface area (Å²) < 4.78 is 10.3. The quantitative estimate of drug-likeness (QED) is 0.579. The van der Waals surface area contributed by atoms with Gasteiger partial charge in [0.1, 0.15) is 12.4 Å². The second-order valence-corrected chi connectivity index (χ2v) is 4.01. The van der Waals surface area contributed by atoms with E-state index in [0.29, 0.717) is 5.75 Å². The van der Waals surface area contributed by atoms with Crippen LogP contribution >= 0.6 is 0 Å². The number of hydrogen-bond acceptors (Lipinski definition) is 5. The maximum atomic E-state index is 11.2. The molecule has 0 saturated carbocycles. The van der Waals surface area contributed by atoms with Crippen LogP contribution in [0.4, 0.5) is 0 Å². The summed E-state index contributed by atoms with van der Waals surface area (Å²) in [6.45, 7) is 3.07. The summed E-state index contributed by atoms with van der Waals surface area (Å²) in [6, 6.07) is 6.54. The van der Waals surface area contributed by atoms with Gasteiger partial charge < -0.3 is 20.5 Å². The van der Waals surface area contributed by atoms with Gasteiger partial charge in [0.15, 0.2) is 6.73 Å². The van der Waals surface area contributed by atoms with E-state index in [4.69, 9.17) is 15.2 Å². The molecule has 0 aliphatic rings. The summed E-state index contributed by atoms with van der Waals surface area (Å²) in [5.74, 6) is -0.105. The Hall–Kier alpha value is -2.08. The molecule has 0 fully saturated rings. The van der Waals surface area contributed by atoms with Crippen molar-refractivity contribution < 1.29 is 19.1 Å². The molecule has 0 radical (unpaired) electrons. The zero-order valence-electron chi connectivity index (χ0n) is 11.0. The molecule has 0 spiro atoms. The van der Waals surface area contributed by atoms with Crippen LogP contribution in [0.15, 0.2) is 24.3 Å². The van der Waals surface area contributed by atoms with Crippen molar-refractivity contribution in [3.8, 4) is 5.75 Å². The SMILES string of the molecule is CC(=O)OCc1ccccc1OCNC(=O)[C@H](C)N. The predicted octanol–water partition coefficient (Wildman–Crippen LogP) is 0.549. The van der Waals surface area contributed by atoms with Gasteiger partial charge in [-0.2, -0.15) is 0 Å². The average Bonchev–Trinajstić information content (AvgIpc) is 2.37. The number of amides is 1. The normalized spacial score (nSPS) is 11.5. The fourth-order valence-electron chi connectivity index (χ4n) is 1.29. The summed E-state index contributed by atoms with van der Waals surface area (Å²) in [6.07, 6.45) is 0. The van der Waals surface area contributed by atoms with Crippen molar-refractivity contribution in [1.29, 1.82) is 0 Å². The number of carbonyl (C=O) groups excluding carboxylic acids is 2. The van der Waals surface area contributed by atoms with E-state index in [2.05, 4.69) is 5.32 Å². The van der Waals surface area contributed by atoms with E-state index < -0.39 is 6.04 Å². The Kier molecular flexibility index (Phi) is 5.81. The van der Waals surface area contributed by atoms with Crippen LogP contribution in [0.2, 0.25) is 0 Å². The van der Waals surface area contributed by atoms with Gasteiger partial charge in [-0.3, -0.25) is 9.59 Å². The first kappa shape index (κ1) is 15.0. The molecule has 6 heteroatoms. The van der Waals surface area contributed by atoms with Gasteiger partial charge >= 0.3 is 5.97 Å². The van der Waals surface area contributed by atoms with E-state index in [-0.39, 0.29) is 25.2 Å². The van der Waals surface area contributed by atoms with Crippen molar-refractivity contribution in [3.63, 3.8) is 0 Å². The third-order valence-electron chi connectivity index (χ3n) is 2.29. The van der Waals surface area contributed by atoms with Crippen molar-refractivity contribution >= 4 is 11.9 Å². The largest absolute Gasteiger partial charge is 0.473 e. The van der Waals surface area contributed by atoms with Crippen LogP contribution in [0.3, 0.4) is 0 Å². The molecule has 0 aliphatic heterocycles. The zero-order chi connectivity index (χ0) is 14.3. The van der Waals surface area contributed by atoms with E-state index in [1.807, 2.05) is 6.07 Å². The topological polar surface area (TPSA) is 90.6 Å². The highest BCUT2D eigenvalue weighted by Gasteiger charge is 2.08. The van der Waals surface area contributed by atoms with Gasteiger partial charge in [0.2, 0.25) is 5.91 Å². The zero-order valence-corrected chi connectivity index (χ0v) is 11.0. The first-order valence-corrected chi connectivity index (χ1v) is 5.88. The lowest BCUT2D eigenvalue weighted by molar-refractivity contribution is -0.142. The van der Waals surface area contributed by atoms with Crippen LogP contribution in [-0.2, 0) is 20.9 Å². The molecule has 6 nitrogen and oxygen atoms in total. The summed E-state index contributed by atoms with van der Waals surface area (Å²) in [7, 11) is 0. The van der Waals surface area contributed by atoms with Crippen LogP contribution in [0.1, 0.15) is 19.4 Å². The Morgan fingerprint density at radius 1 is 1.37 bits per heavy atom. The van der Waals surface area contributed by atoms with Gasteiger partial charge in [0.25, 0.3) is 0 Å². The summed E-state index contributed by atoms with van der Waals surface area (Å²) in [5, 5.41) is 2.53. The molecule has 0 aliphatic carbocycles. The van der Waals surface area contributed by atoms with E-state index >= 15 is 0 Å². The van der Waals surface area contributed by atoms with Gasteiger partial charge in [-0.25, -0.2) is 0 Å². The van der Waals surface area contributed by atoms with Crippen LogP contribution in [0.25, 0.3) is 0 Å². The Morgan fingerprint density at radius 3 is 2.68 bits per heavy atom. The molecule has 0 bridgehead atoms. The minimum absolute atomic E-state index is 0.0114. The van der Waals surface area contributed by atoms with Crippen LogP contribution in [0.5, 0.6) is 5.75 Å². The molecule has 1 aromatic carbocycles. The number of benzene rings is 1. The van der Waals surface area contributed by atoms with E-state index in [1.54, 1.807) is 25.1 Å². The predicted molar refractivity (Wildman–Crippen MR) is 69.2 cm³/mol. The molecule has 1 amide bonds. The number of nitrogens with two attached hydrogens (primary N) is 1. The Morgan fingerprint density at radius 2 is 2.05 bits per heavy atom. The number of para-hydroxylation sites is 1. The highest BCUT2D eigenvalue weighted by molar-refractivity contribution is 5.80. The molecule has 0 saturated heterocycles. The molecule has 19 heavy (non-hydrogen) atoms. The van der Waals surface area contributed by atoms with Crippen LogP contribution in [0, 0.1) is 0 Å². The van der Waals surface area contributed by atoms with Crippen molar-refractivity contribution in [2.75, 3.05) is 6.73 Å². The smallest absolute Gasteiger partial charge is 0.302 e. The fourth-order valence-corrected chi connectivity index (χ4v) is 1.29. The second kappa shape index (κ2) is 7.38. The molecule has 0 unspecified atom stereocenters. The van der Waals surface area contributed by atoms with Crippen molar-refractivity contribution in [3.05, 3.63) is 29.8 Å². The fraction of sp³-hybridized carbons (Fsp3) is 0.385. The van der Waals surface area contributed by atoms with Crippen molar-refractivity contribution in [2.45, 2.75) is 26.5 Å². The van der Waals surface area contributed by atoms with Gasteiger partial charge in [-0.05, 0) is 13.0 Å². The molecule has 1 atom stereocenters. The van der Waals surface area contributed by atoms with Gasteiger partial charge in [-0.1, -0.05) is 18.2 Å². The number of rotatable bonds is 6. The molecule has 1 aromatic rings. The number of nitrogens with one attached hydrogen (secondary N) is 1. The van der Waals surface area contributed by atoms with E-state index in [9.17, 15) is 9.59 Å². The molecular weight excluding hydrogens is 248 g/mol. The van der Waals surface area contributed by atoms with Crippen LogP contribution in [-0.4, -0.2) is 24.6 Å². The Bertz CT molecular complexity index is 446. The third-order valence-corrected chi connectivity index (χ3v) is 2.29. The van der Waals surface area contributed by atoms with Crippen molar-refractivity contribution in [1.82, 2.24) is 5.32 Å². The molecule has 3 N–H and O–H groups in total. The molecule has 0 aromatic heterocycles. The first-order valence-electron chi connectivity index (χ1n) is 5.88.